The molecule has 0 spiro atoms. The van der Waals surface area contributed by atoms with Crippen LogP contribution in [0.4, 0.5) is 0 Å². The quantitative estimate of drug-likeness (QED) is 0.817. The summed E-state index contributed by atoms with van der Waals surface area (Å²) in [4.78, 5) is 27.5. The standard InChI is InChI=1S/C22H26N2O3/c1-15(2)11-20(24-14-17-8-4-5-10-19(17)22(24)26)21(25)23-13-16-7-6-9-18(12-16)27-3/h4-10,12,15,20H,11,13-14H2,1-3H3,(H,23,25). The largest absolute Gasteiger partial charge is 0.497 e. The fraction of sp³-hybridized carbons (Fsp3) is 0.364. The Balaban J connectivity index is 1.73. The second-order valence-corrected chi connectivity index (χ2v) is 7.30. The number of nitrogens with one attached hydrogen (secondary N) is 1. The Hall–Kier alpha value is -2.82. The molecule has 1 atom stereocenters. The Labute approximate surface area is 160 Å². The maximum atomic E-state index is 13.0. The number of hydrogen-bond donors (Lipinski definition) is 1. The molecule has 5 heteroatoms. The number of nitrogens with zero attached hydrogens (tertiary/aromatic N) is 1. The highest BCUT2D eigenvalue weighted by atomic mass is 16.5. The Morgan fingerprint density at radius 3 is 2.67 bits per heavy atom. The molecule has 27 heavy (non-hydrogen) atoms. The summed E-state index contributed by atoms with van der Waals surface area (Å²) in [6.45, 7) is 5.02. The minimum absolute atomic E-state index is 0.0622. The molecule has 1 unspecified atom stereocenters. The number of rotatable bonds is 7. The first-order valence-corrected chi connectivity index (χ1v) is 9.29. The third-order valence-corrected chi connectivity index (χ3v) is 4.82. The number of fused-ring (bicyclic) bond motifs is 1. The van der Waals surface area contributed by atoms with Gasteiger partial charge in [0.25, 0.3) is 5.91 Å². The lowest BCUT2D eigenvalue weighted by Crippen LogP contribution is -2.47. The molecule has 5 nitrogen and oxygen atoms in total. The van der Waals surface area contributed by atoms with Crippen LogP contribution in [0.2, 0.25) is 0 Å². The number of hydrogen-bond acceptors (Lipinski definition) is 3. The molecule has 0 saturated carbocycles. The number of carbonyl (C=O) groups is 2. The first-order valence-electron chi connectivity index (χ1n) is 9.29. The van der Waals surface area contributed by atoms with Crippen molar-refractivity contribution in [3.05, 3.63) is 65.2 Å². The van der Waals surface area contributed by atoms with Gasteiger partial charge in [0.1, 0.15) is 11.8 Å². The van der Waals surface area contributed by atoms with E-state index in [0.717, 1.165) is 16.9 Å². The summed E-state index contributed by atoms with van der Waals surface area (Å²) in [5, 5.41) is 2.99. The highest BCUT2D eigenvalue weighted by molar-refractivity contribution is 6.01. The molecule has 3 rings (SSSR count). The molecule has 1 N–H and O–H groups in total. The molecule has 2 aromatic carbocycles. The minimum atomic E-state index is -0.476. The smallest absolute Gasteiger partial charge is 0.255 e. The van der Waals surface area contributed by atoms with E-state index >= 15 is 0 Å². The first kappa shape index (κ1) is 19.0. The van der Waals surface area contributed by atoms with E-state index in [-0.39, 0.29) is 11.8 Å². The molecule has 1 aliphatic rings. The summed E-state index contributed by atoms with van der Waals surface area (Å²) < 4.78 is 5.23. The van der Waals surface area contributed by atoms with Gasteiger partial charge >= 0.3 is 0 Å². The molecule has 2 amide bonds. The van der Waals surface area contributed by atoms with Crippen molar-refractivity contribution in [3.63, 3.8) is 0 Å². The molecular weight excluding hydrogens is 340 g/mol. The van der Waals surface area contributed by atoms with Crippen LogP contribution in [0.1, 0.15) is 41.8 Å². The predicted molar refractivity (Wildman–Crippen MR) is 104 cm³/mol. The van der Waals surface area contributed by atoms with E-state index in [1.165, 1.54) is 0 Å². The van der Waals surface area contributed by atoms with Crippen LogP contribution in [0.5, 0.6) is 5.75 Å². The third kappa shape index (κ3) is 4.30. The van der Waals surface area contributed by atoms with E-state index in [2.05, 4.69) is 19.2 Å². The van der Waals surface area contributed by atoms with E-state index in [1.807, 2.05) is 48.5 Å². The van der Waals surface area contributed by atoms with Gasteiger partial charge in [-0.05, 0) is 41.7 Å². The maximum absolute atomic E-state index is 13.0. The van der Waals surface area contributed by atoms with Crippen LogP contribution in [0, 0.1) is 5.92 Å². The molecule has 1 aliphatic heterocycles. The second kappa shape index (κ2) is 8.25. The third-order valence-electron chi connectivity index (χ3n) is 4.82. The van der Waals surface area contributed by atoms with Gasteiger partial charge in [-0.1, -0.05) is 44.2 Å². The normalized spacial score (nSPS) is 14.2. The number of amides is 2. The van der Waals surface area contributed by atoms with Crippen LogP contribution in [0.15, 0.2) is 48.5 Å². The number of carbonyl (C=O) groups excluding carboxylic acids is 2. The van der Waals surface area contributed by atoms with E-state index in [9.17, 15) is 9.59 Å². The van der Waals surface area contributed by atoms with Gasteiger partial charge in [0, 0.05) is 18.7 Å². The van der Waals surface area contributed by atoms with Crippen molar-refractivity contribution in [1.82, 2.24) is 10.2 Å². The van der Waals surface area contributed by atoms with Crippen molar-refractivity contribution < 1.29 is 14.3 Å². The average molecular weight is 366 g/mol. The zero-order valence-electron chi connectivity index (χ0n) is 16.1. The topological polar surface area (TPSA) is 58.6 Å². The van der Waals surface area contributed by atoms with Gasteiger partial charge in [0.2, 0.25) is 5.91 Å². The van der Waals surface area contributed by atoms with Gasteiger partial charge in [-0.15, -0.1) is 0 Å². The average Bonchev–Trinajstić information content (AvgIpc) is 3.01. The van der Waals surface area contributed by atoms with Crippen molar-refractivity contribution in [1.29, 1.82) is 0 Å². The fourth-order valence-corrected chi connectivity index (χ4v) is 3.44. The van der Waals surface area contributed by atoms with Crippen LogP contribution in [0.25, 0.3) is 0 Å². The summed E-state index contributed by atoms with van der Waals surface area (Å²) in [6.07, 6.45) is 0.629. The minimum Gasteiger partial charge on any atom is -0.497 e. The Morgan fingerprint density at radius 1 is 1.19 bits per heavy atom. The molecule has 0 bridgehead atoms. The van der Waals surface area contributed by atoms with E-state index < -0.39 is 6.04 Å². The van der Waals surface area contributed by atoms with E-state index in [1.54, 1.807) is 12.0 Å². The molecule has 0 fully saturated rings. The zero-order chi connectivity index (χ0) is 19.4. The molecule has 2 aromatic rings. The molecular formula is C22H26N2O3. The summed E-state index contributed by atoms with van der Waals surface area (Å²) in [6, 6.07) is 14.7. The van der Waals surface area contributed by atoms with Crippen molar-refractivity contribution in [2.45, 2.75) is 39.4 Å². The van der Waals surface area contributed by atoms with E-state index in [4.69, 9.17) is 4.74 Å². The van der Waals surface area contributed by atoms with Crippen molar-refractivity contribution >= 4 is 11.8 Å². The van der Waals surface area contributed by atoms with Crippen LogP contribution in [0.3, 0.4) is 0 Å². The molecule has 0 aromatic heterocycles. The van der Waals surface area contributed by atoms with Gasteiger partial charge in [0.15, 0.2) is 0 Å². The lowest BCUT2D eigenvalue weighted by Gasteiger charge is -2.28. The Morgan fingerprint density at radius 2 is 1.96 bits per heavy atom. The SMILES string of the molecule is COc1cccc(CNC(=O)C(CC(C)C)N2Cc3ccccc3C2=O)c1. The summed E-state index contributed by atoms with van der Waals surface area (Å²) in [5.41, 5.74) is 2.64. The van der Waals surface area contributed by atoms with Crippen LogP contribution in [-0.2, 0) is 17.9 Å². The van der Waals surface area contributed by atoms with E-state index in [0.29, 0.717) is 31.0 Å². The van der Waals surface area contributed by atoms with Gasteiger partial charge in [-0.3, -0.25) is 9.59 Å². The molecule has 1 heterocycles. The summed E-state index contributed by atoms with van der Waals surface area (Å²) in [7, 11) is 1.62. The van der Waals surface area contributed by atoms with Crippen molar-refractivity contribution in [2.75, 3.05) is 7.11 Å². The first-order chi connectivity index (χ1) is 13.0. The lowest BCUT2D eigenvalue weighted by molar-refractivity contribution is -0.126. The highest BCUT2D eigenvalue weighted by Crippen LogP contribution is 2.27. The molecule has 0 radical (unpaired) electrons. The number of ether oxygens (including phenoxy) is 1. The number of methoxy groups -OCH3 is 1. The van der Waals surface area contributed by atoms with Gasteiger partial charge in [0.05, 0.1) is 7.11 Å². The van der Waals surface area contributed by atoms with Crippen LogP contribution < -0.4 is 10.1 Å². The summed E-state index contributed by atoms with van der Waals surface area (Å²) in [5.74, 6) is 0.875. The van der Waals surface area contributed by atoms with Gasteiger partial charge in [-0.2, -0.15) is 0 Å². The zero-order valence-corrected chi connectivity index (χ0v) is 16.1. The Bertz CT molecular complexity index is 832. The van der Waals surface area contributed by atoms with Crippen molar-refractivity contribution in [3.8, 4) is 5.75 Å². The lowest BCUT2D eigenvalue weighted by atomic mass is 10.0. The van der Waals surface area contributed by atoms with Crippen LogP contribution in [-0.4, -0.2) is 29.9 Å². The fourth-order valence-electron chi connectivity index (χ4n) is 3.44. The monoisotopic (exact) mass is 366 g/mol. The van der Waals surface area contributed by atoms with Gasteiger partial charge < -0.3 is 15.0 Å². The molecule has 0 aliphatic carbocycles. The Kier molecular flexibility index (Phi) is 5.79. The maximum Gasteiger partial charge on any atom is 0.255 e. The molecule has 0 saturated heterocycles. The molecule has 142 valence electrons. The van der Waals surface area contributed by atoms with Gasteiger partial charge in [-0.25, -0.2) is 0 Å². The van der Waals surface area contributed by atoms with Crippen molar-refractivity contribution in [2.24, 2.45) is 5.92 Å². The number of benzene rings is 2. The van der Waals surface area contributed by atoms with Crippen LogP contribution >= 0.6 is 0 Å². The second-order valence-electron chi connectivity index (χ2n) is 7.30. The highest BCUT2D eigenvalue weighted by Gasteiger charge is 2.36. The predicted octanol–water partition coefficient (Wildman–Crippen LogP) is 3.38. The summed E-state index contributed by atoms with van der Waals surface area (Å²) >= 11 is 0.